The molecule has 1 aromatic rings. The third kappa shape index (κ3) is 3.90. The number of carbonyl (C=O) groups is 2. The highest BCUT2D eigenvalue weighted by atomic mass is 16.5. The fourth-order valence-electron chi connectivity index (χ4n) is 2.68. The Kier molecular flexibility index (Phi) is 5.25. The molecule has 120 valence electrons. The zero-order valence-electron chi connectivity index (χ0n) is 13.1. The number of amides is 2. The molecule has 2 rings (SSSR count). The van der Waals surface area contributed by atoms with Crippen molar-refractivity contribution in [3.8, 4) is 5.75 Å². The second-order valence-electron chi connectivity index (χ2n) is 5.64. The molecule has 0 bridgehead atoms. The first-order valence-corrected chi connectivity index (χ1v) is 7.47. The number of ether oxygens (including phenoxy) is 1. The molecule has 3 N–H and O–H groups in total. The number of rotatable bonds is 5. The Balaban J connectivity index is 1.95. The smallest absolute Gasteiger partial charge is 0.241 e. The zero-order valence-corrected chi connectivity index (χ0v) is 13.1. The van der Waals surface area contributed by atoms with E-state index in [0.29, 0.717) is 18.8 Å². The Morgan fingerprint density at radius 1 is 1.45 bits per heavy atom. The fourth-order valence-corrected chi connectivity index (χ4v) is 2.68. The molecule has 6 nitrogen and oxygen atoms in total. The molecular formula is C16H23N3O3. The summed E-state index contributed by atoms with van der Waals surface area (Å²) in [5, 5.41) is 3.11. The van der Waals surface area contributed by atoms with Crippen molar-refractivity contribution in [1.82, 2.24) is 4.90 Å². The number of primary amides is 1. The highest BCUT2D eigenvalue weighted by molar-refractivity contribution is 5.83. The van der Waals surface area contributed by atoms with Crippen LogP contribution in [-0.4, -0.2) is 43.5 Å². The van der Waals surface area contributed by atoms with Gasteiger partial charge in [-0.05, 0) is 37.5 Å². The van der Waals surface area contributed by atoms with Crippen LogP contribution < -0.4 is 15.8 Å². The maximum Gasteiger partial charge on any atom is 0.241 e. The summed E-state index contributed by atoms with van der Waals surface area (Å²) in [4.78, 5) is 25.3. The van der Waals surface area contributed by atoms with Gasteiger partial charge in [0.05, 0.1) is 25.3 Å². The average molecular weight is 305 g/mol. The Labute approximate surface area is 130 Å². The molecular weight excluding hydrogens is 282 g/mol. The number of aryl methyl sites for hydroxylation is 1. The largest absolute Gasteiger partial charge is 0.495 e. The molecule has 0 aliphatic carbocycles. The van der Waals surface area contributed by atoms with Gasteiger partial charge in [-0.15, -0.1) is 0 Å². The van der Waals surface area contributed by atoms with E-state index in [9.17, 15) is 9.59 Å². The summed E-state index contributed by atoms with van der Waals surface area (Å²) in [7, 11) is 1.60. The van der Waals surface area contributed by atoms with E-state index in [4.69, 9.17) is 10.5 Å². The van der Waals surface area contributed by atoms with Crippen LogP contribution in [-0.2, 0) is 9.59 Å². The number of nitrogens with one attached hydrogen (secondary N) is 1. The van der Waals surface area contributed by atoms with Crippen LogP contribution in [0.4, 0.5) is 5.69 Å². The van der Waals surface area contributed by atoms with Crippen LogP contribution in [0.3, 0.4) is 0 Å². The van der Waals surface area contributed by atoms with E-state index in [0.717, 1.165) is 24.1 Å². The predicted octanol–water partition coefficient (Wildman–Crippen LogP) is 1.14. The number of nitrogens with two attached hydrogens (primary N) is 1. The van der Waals surface area contributed by atoms with E-state index in [2.05, 4.69) is 5.32 Å². The van der Waals surface area contributed by atoms with Crippen LogP contribution >= 0.6 is 0 Å². The predicted molar refractivity (Wildman–Crippen MR) is 84.7 cm³/mol. The van der Waals surface area contributed by atoms with Gasteiger partial charge >= 0.3 is 0 Å². The van der Waals surface area contributed by atoms with Gasteiger partial charge in [-0.1, -0.05) is 6.07 Å². The van der Waals surface area contributed by atoms with E-state index < -0.39 is 0 Å². The summed E-state index contributed by atoms with van der Waals surface area (Å²) in [6.45, 7) is 3.25. The van der Waals surface area contributed by atoms with Gasteiger partial charge in [0.15, 0.2) is 0 Å². The molecule has 22 heavy (non-hydrogen) atoms. The highest BCUT2D eigenvalue weighted by Gasteiger charge is 2.26. The number of hydrogen-bond acceptors (Lipinski definition) is 4. The standard InChI is InChI=1S/C16H23N3O3/c1-11-5-6-14(22-2)13(8-11)18-9-15(20)19-7-3-4-12(10-19)16(17)21/h5-6,8,12,18H,3-4,7,9-10H2,1-2H3,(H2,17,21). The molecule has 0 radical (unpaired) electrons. The second kappa shape index (κ2) is 7.15. The van der Waals surface area contributed by atoms with E-state index >= 15 is 0 Å². The summed E-state index contributed by atoms with van der Waals surface area (Å²) in [6.07, 6.45) is 1.57. The van der Waals surface area contributed by atoms with Gasteiger partial charge in [0.25, 0.3) is 0 Å². The van der Waals surface area contributed by atoms with Crippen LogP contribution in [0.25, 0.3) is 0 Å². The summed E-state index contributed by atoms with van der Waals surface area (Å²) in [5.74, 6) is 0.110. The Morgan fingerprint density at radius 3 is 2.91 bits per heavy atom. The van der Waals surface area contributed by atoms with Gasteiger partial charge < -0.3 is 20.7 Å². The van der Waals surface area contributed by atoms with Gasteiger partial charge in [0.2, 0.25) is 11.8 Å². The SMILES string of the molecule is COc1ccc(C)cc1NCC(=O)N1CCCC(C(N)=O)C1. The van der Waals surface area contributed by atoms with Crippen molar-refractivity contribution in [1.29, 1.82) is 0 Å². The van der Waals surface area contributed by atoms with Crippen molar-refractivity contribution < 1.29 is 14.3 Å². The van der Waals surface area contributed by atoms with Gasteiger partial charge in [-0.3, -0.25) is 9.59 Å². The monoisotopic (exact) mass is 305 g/mol. The fraction of sp³-hybridized carbons (Fsp3) is 0.500. The molecule has 0 saturated carbocycles. The lowest BCUT2D eigenvalue weighted by Gasteiger charge is -2.31. The number of likely N-dealkylation sites (tertiary alicyclic amines) is 1. The van der Waals surface area contributed by atoms with E-state index in [-0.39, 0.29) is 24.3 Å². The lowest BCUT2D eigenvalue weighted by Crippen LogP contribution is -2.46. The maximum absolute atomic E-state index is 12.3. The van der Waals surface area contributed by atoms with Crippen LogP contribution in [0.2, 0.25) is 0 Å². The average Bonchev–Trinajstić information content (AvgIpc) is 2.52. The minimum Gasteiger partial charge on any atom is -0.495 e. The van der Waals surface area contributed by atoms with E-state index in [1.54, 1.807) is 12.0 Å². The second-order valence-corrected chi connectivity index (χ2v) is 5.64. The van der Waals surface area contributed by atoms with Gasteiger partial charge in [-0.25, -0.2) is 0 Å². The van der Waals surface area contributed by atoms with Gasteiger partial charge in [0.1, 0.15) is 5.75 Å². The normalized spacial score (nSPS) is 17.9. The van der Waals surface area contributed by atoms with E-state index in [1.165, 1.54) is 0 Å². The van der Waals surface area contributed by atoms with Gasteiger partial charge in [0, 0.05) is 13.1 Å². The first-order valence-electron chi connectivity index (χ1n) is 7.47. The molecule has 1 unspecified atom stereocenters. The number of carbonyl (C=O) groups excluding carboxylic acids is 2. The summed E-state index contributed by atoms with van der Waals surface area (Å²) in [5.41, 5.74) is 7.22. The van der Waals surface area contributed by atoms with Crippen molar-refractivity contribution in [2.45, 2.75) is 19.8 Å². The number of methoxy groups -OCH3 is 1. The number of hydrogen-bond donors (Lipinski definition) is 2. The lowest BCUT2D eigenvalue weighted by molar-refractivity contribution is -0.133. The number of piperidine rings is 1. The van der Waals surface area contributed by atoms with Crippen molar-refractivity contribution >= 4 is 17.5 Å². The molecule has 1 aliphatic heterocycles. The van der Waals surface area contributed by atoms with Crippen molar-refractivity contribution in [2.24, 2.45) is 11.7 Å². The summed E-state index contributed by atoms with van der Waals surface area (Å²) < 4.78 is 5.28. The molecule has 1 fully saturated rings. The van der Waals surface area contributed by atoms with Gasteiger partial charge in [-0.2, -0.15) is 0 Å². The first kappa shape index (κ1) is 16.1. The topological polar surface area (TPSA) is 84.7 Å². The molecule has 1 saturated heterocycles. The van der Waals surface area contributed by atoms with Crippen LogP contribution in [0, 0.1) is 12.8 Å². The zero-order chi connectivity index (χ0) is 16.1. The molecule has 6 heteroatoms. The molecule has 0 spiro atoms. The number of nitrogens with zero attached hydrogens (tertiary/aromatic N) is 1. The molecule has 2 amide bonds. The Hall–Kier alpha value is -2.24. The molecule has 1 aromatic carbocycles. The lowest BCUT2D eigenvalue weighted by atomic mass is 9.97. The van der Waals surface area contributed by atoms with Crippen LogP contribution in [0.5, 0.6) is 5.75 Å². The molecule has 1 atom stereocenters. The van der Waals surface area contributed by atoms with E-state index in [1.807, 2.05) is 25.1 Å². The molecule has 1 heterocycles. The quantitative estimate of drug-likeness (QED) is 0.854. The minimum absolute atomic E-state index is 0.0329. The third-order valence-electron chi connectivity index (χ3n) is 3.96. The molecule has 0 aromatic heterocycles. The maximum atomic E-state index is 12.3. The van der Waals surface area contributed by atoms with Crippen molar-refractivity contribution in [3.63, 3.8) is 0 Å². The van der Waals surface area contributed by atoms with Crippen molar-refractivity contribution in [3.05, 3.63) is 23.8 Å². The Bertz CT molecular complexity index is 560. The summed E-state index contributed by atoms with van der Waals surface area (Å²) >= 11 is 0. The molecule has 1 aliphatic rings. The van der Waals surface area contributed by atoms with Crippen LogP contribution in [0.15, 0.2) is 18.2 Å². The highest BCUT2D eigenvalue weighted by Crippen LogP contribution is 2.25. The van der Waals surface area contributed by atoms with Crippen LogP contribution in [0.1, 0.15) is 18.4 Å². The third-order valence-corrected chi connectivity index (χ3v) is 3.96. The number of anilines is 1. The summed E-state index contributed by atoms with van der Waals surface area (Å²) in [6, 6.07) is 5.76. The minimum atomic E-state index is -0.328. The van der Waals surface area contributed by atoms with Crippen molar-refractivity contribution in [2.75, 3.05) is 32.1 Å². The number of benzene rings is 1. The Morgan fingerprint density at radius 2 is 2.23 bits per heavy atom. The first-order chi connectivity index (χ1) is 10.5.